The first-order chi connectivity index (χ1) is 28.1. The Morgan fingerprint density at radius 1 is 0.871 bits per heavy atom. The molecule has 0 saturated carbocycles. The molecule has 0 saturated heterocycles. The number of carboxylic acids is 1. The standard InChI is InChI=1S/C29H24ClN11O14S4.3Na/c30-27-34-28(36-29(35-27)41-9-1-2-15(14-41)26(42)43)33-17-5-8-21(56-54-52-44)19(12-17)38-40-25-23(31)20(13-22(24(25)32)59(48,49)50)39-37-16-3-6-18(7-4-16)58(46,47)11-10-51-57-55-53-45;;;/h1-9,12-14H,10-11,31-32H2,(H4-,33,34,35,36,42,43,44,45,48,49,50);;;/q;3*+1/p-3. The molecule has 0 spiro atoms. The van der Waals surface area contributed by atoms with Crippen LogP contribution in [0.1, 0.15) is 10.4 Å². The largest absolute Gasteiger partial charge is 1.00 e. The van der Waals surface area contributed by atoms with Gasteiger partial charge in [-0.1, -0.05) is 0 Å². The third kappa shape index (κ3) is 15.6. The van der Waals surface area contributed by atoms with Gasteiger partial charge in [0.05, 0.1) is 74.5 Å². The summed E-state index contributed by atoms with van der Waals surface area (Å²) >= 11 is 6.65. The number of carbonyl (C=O) groups is 1. The number of nitrogens with zero attached hydrogens (tertiary/aromatic N) is 8. The van der Waals surface area contributed by atoms with Gasteiger partial charge in [-0.2, -0.15) is 14.4 Å². The molecule has 0 atom stereocenters. The number of anilines is 4. The Labute approximate surface area is 429 Å². The number of nitrogens with two attached hydrogens (primary N) is 2. The minimum Gasteiger partial charge on any atom is -0.744 e. The number of benzene rings is 3. The van der Waals surface area contributed by atoms with Crippen LogP contribution in [0.2, 0.25) is 5.28 Å². The third-order valence-corrected chi connectivity index (χ3v) is 10.8. The minimum absolute atomic E-state index is 0. The van der Waals surface area contributed by atoms with E-state index < -0.39 is 59.3 Å². The monoisotopic (exact) mass is 979 g/mol. The Hall–Kier alpha value is -2.54. The van der Waals surface area contributed by atoms with E-state index in [9.17, 15) is 41.8 Å². The summed E-state index contributed by atoms with van der Waals surface area (Å²) in [6, 6.07) is 12.5. The molecule has 0 unspecified atom stereocenters. The Bertz CT molecular complexity index is 2650. The molecular formula is C29H21ClN11Na3O14S4. The number of azo groups is 2. The molecule has 2 heterocycles. The third-order valence-electron chi connectivity index (χ3n) is 7.08. The van der Waals surface area contributed by atoms with Crippen molar-refractivity contribution in [3.63, 3.8) is 0 Å². The first-order valence-electron chi connectivity index (χ1n) is 15.4. The summed E-state index contributed by atoms with van der Waals surface area (Å²) in [5.41, 5.74) is 10.2. The molecule has 3 aromatic carbocycles. The van der Waals surface area contributed by atoms with E-state index in [0.29, 0.717) is 12.0 Å². The number of nitrogen functional groups attached to an aromatic ring is 2. The molecule has 0 aliphatic rings. The van der Waals surface area contributed by atoms with Crippen LogP contribution in [0.3, 0.4) is 0 Å². The van der Waals surface area contributed by atoms with Crippen LogP contribution in [-0.4, -0.2) is 54.7 Å². The first-order valence-corrected chi connectivity index (χ1v) is 20.2. The van der Waals surface area contributed by atoms with Crippen LogP contribution in [0.5, 0.6) is 0 Å². The molecule has 5 aromatic rings. The number of pyridine rings is 1. The van der Waals surface area contributed by atoms with E-state index in [2.05, 4.69) is 59.5 Å². The zero-order valence-corrected chi connectivity index (χ0v) is 41.8. The van der Waals surface area contributed by atoms with Gasteiger partial charge in [0.25, 0.3) is 0 Å². The van der Waals surface area contributed by atoms with Crippen molar-refractivity contribution >= 4 is 108 Å². The van der Waals surface area contributed by atoms with Crippen molar-refractivity contribution in [2.24, 2.45) is 20.5 Å². The number of sulfone groups is 1. The second-order valence-electron chi connectivity index (χ2n) is 10.8. The number of nitrogens with one attached hydrogen (secondary N) is 1. The van der Waals surface area contributed by atoms with E-state index in [1.165, 1.54) is 71.6 Å². The van der Waals surface area contributed by atoms with Crippen molar-refractivity contribution in [3.8, 4) is 5.95 Å². The smallest absolute Gasteiger partial charge is 0.744 e. The van der Waals surface area contributed by atoms with Gasteiger partial charge >= 0.3 is 106 Å². The van der Waals surface area contributed by atoms with Crippen LogP contribution in [0.4, 0.5) is 45.8 Å². The molecule has 0 bridgehead atoms. The summed E-state index contributed by atoms with van der Waals surface area (Å²) in [6.45, 7) is -0.354. The van der Waals surface area contributed by atoms with Crippen LogP contribution in [0.15, 0.2) is 108 Å². The van der Waals surface area contributed by atoms with Crippen LogP contribution >= 0.6 is 36.0 Å². The van der Waals surface area contributed by atoms with Gasteiger partial charge in [0.1, 0.15) is 27.2 Å². The van der Waals surface area contributed by atoms with Crippen LogP contribution in [0, 0.1) is 0 Å². The number of carbonyl (C=O) groups excluding carboxylic acids is 1. The number of rotatable bonds is 19. The summed E-state index contributed by atoms with van der Waals surface area (Å²) in [5.74, 6) is -2.16. The second kappa shape index (κ2) is 25.8. The summed E-state index contributed by atoms with van der Waals surface area (Å²) in [6.07, 6.45) is 2.63. The van der Waals surface area contributed by atoms with E-state index in [4.69, 9.17) is 27.3 Å². The number of aromatic carboxylic acids is 1. The van der Waals surface area contributed by atoms with Gasteiger partial charge < -0.3 is 41.8 Å². The fourth-order valence-corrected chi connectivity index (χ4v) is 7.07. The van der Waals surface area contributed by atoms with Crippen molar-refractivity contribution < 1.29 is 158 Å². The topological polar surface area (TPSA) is 380 Å². The predicted octanol–water partition coefficient (Wildman–Crippen LogP) is -7.37. The maximum absolute atomic E-state index is 12.6. The van der Waals surface area contributed by atoms with Crippen LogP contribution < -0.4 is 126 Å². The number of hydrogen-bond acceptors (Lipinski definition) is 26. The van der Waals surface area contributed by atoms with Gasteiger partial charge in [-0.15, -0.1) is 19.7 Å². The summed E-state index contributed by atoms with van der Waals surface area (Å²) in [5, 5.41) is 56.7. The van der Waals surface area contributed by atoms with Gasteiger partial charge in [-0.25, -0.2) is 21.4 Å². The molecule has 2 aromatic heterocycles. The number of hydrogen-bond donors (Lipinski definition) is 3. The van der Waals surface area contributed by atoms with E-state index in [-0.39, 0.29) is 157 Å². The van der Waals surface area contributed by atoms with E-state index in [1.54, 1.807) is 0 Å². The molecule has 0 aliphatic carbocycles. The summed E-state index contributed by atoms with van der Waals surface area (Å²) in [7, 11) is -9.14. The minimum atomic E-state index is -5.28. The molecule has 0 radical (unpaired) electrons. The second-order valence-corrected chi connectivity index (χ2v) is 15.9. The first kappa shape index (κ1) is 55.6. The Morgan fingerprint density at radius 3 is 2.23 bits per heavy atom. The number of carboxylic acid groups (broad SMARTS) is 1. The fourth-order valence-electron chi connectivity index (χ4n) is 4.48. The molecule has 0 fully saturated rings. The maximum Gasteiger partial charge on any atom is 1.00 e. The summed E-state index contributed by atoms with van der Waals surface area (Å²) < 4.78 is 76.0. The predicted molar refractivity (Wildman–Crippen MR) is 194 cm³/mol. The number of aromatic nitrogens is 4. The van der Waals surface area contributed by atoms with Crippen molar-refractivity contribution in [2.45, 2.75) is 14.7 Å². The van der Waals surface area contributed by atoms with Gasteiger partial charge in [-0.3, -0.25) is 14.3 Å². The van der Waals surface area contributed by atoms with Crippen molar-refractivity contribution in [3.05, 3.63) is 83.9 Å². The normalized spacial score (nSPS) is 11.5. The molecule has 5 rings (SSSR count). The Kier molecular flexibility index (Phi) is 23.2. The average Bonchev–Trinajstić information content (AvgIpc) is 3.19. The van der Waals surface area contributed by atoms with Crippen molar-refractivity contribution in [1.82, 2.24) is 15.0 Å². The molecule has 5 N–H and O–H groups in total. The van der Waals surface area contributed by atoms with E-state index >= 15 is 0 Å². The fraction of sp³-hybridized carbons (Fsp3) is 0.0690. The van der Waals surface area contributed by atoms with E-state index in [0.717, 1.165) is 6.07 Å². The van der Waals surface area contributed by atoms with Crippen molar-refractivity contribution in [2.75, 3.05) is 29.1 Å². The van der Waals surface area contributed by atoms with Gasteiger partial charge in [-0.05, 0) is 82.2 Å². The maximum atomic E-state index is 12.6. The molecule has 0 aliphatic heterocycles. The van der Waals surface area contributed by atoms with Gasteiger partial charge in [0, 0.05) is 11.3 Å². The molecule has 25 nitrogen and oxygen atoms in total. The Morgan fingerprint density at radius 2 is 1.56 bits per heavy atom. The van der Waals surface area contributed by atoms with Crippen LogP contribution in [-0.2, 0) is 42.9 Å². The molecular weight excluding hydrogens is 959 g/mol. The molecule has 310 valence electrons. The quantitative estimate of drug-likeness (QED) is 0.00796. The molecule has 33 heteroatoms. The Balaban J connectivity index is 0.00000441. The van der Waals surface area contributed by atoms with E-state index in [1.807, 2.05) is 0 Å². The zero-order valence-electron chi connectivity index (χ0n) is 31.8. The van der Waals surface area contributed by atoms with Gasteiger partial charge in [0.2, 0.25) is 0 Å². The molecule has 0 amide bonds. The number of halogens is 1. The molecule has 62 heavy (non-hydrogen) atoms. The van der Waals surface area contributed by atoms with Crippen LogP contribution in [0.25, 0.3) is 5.95 Å². The average molecular weight is 980 g/mol. The van der Waals surface area contributed by atoms with Gasteiger partial charge in [0.15, 0.2) is 22.2 Å². The van der Waals surface area contributed by atoms with Crippen molar-refractivity contribution in [1.29, 1.82) is 0 Å². The SMILES string of the molecule is Nc1c(N=Nc2ccc(S(=O)(=O)CCOSOO[O-])cc2)cc(S(=O)(=O)[O-])c(N)c1N=Nc1cc(Nc2nc(Cl)nc(-[n+]3cccc(C(=O)[O-])c3)n2)ccc1SOO[O-].[Na+].[Na+].[Na+]. The summed E-state index contributed by atoms with van der Waals surface area (Å²) in [4.78, 5) is 22.5. The zero-order chi connectivity index (χ0) is 42.7.